The van der Waals surface area contributed by atoms with Gasteiger partial charge in [-0.2, -0.15) is 4.68 Å². The number of nitrogens with zero attached hydrogens (tertiary/aromatic N) is 6. The Labute approximate surface area is 161 Å². The number of anilines is 1. The molecule has 0 radical (unpaired) electrons. The van der Waals surface area contributed by atoms with Crippen molar-refractivity contribution in [1.82, 2.24) is 30.3 Å². The van der Waals surface area contributed by atoms with E-state index in [1.54, 1.807) is 18.9 Å². The summed E-state index contributed by atoms with van der Waals surface area (Å²) in [5.74, 6) is 1.91. The van der Waals surface area contributed by atoms with Crippen LogP contribution in [0.2, 0.25) is 0 Å². The molecule has 0 aliphatic carbocycles. The molecule has 10 heteroatoms. The average Bonchev–Trinajstić information content (AvgIpc) is 3.33. The molecule has 10 nitrogen and oxygen atoms in total. The topological polar surface area (TPSA) is 107 Å². The lowest BCUT2D eigenvalue weighted by Gasteiger charge is -2.17. The minimum atomic E-state index is -0.0286. The van der Waals surface area contributed by atoms with Crippen molar-refractivity contribution in [1.29, 1.82) is 0 Å². The molecule has 3 heterocycles. The molecule has 0 saturated carbocycles. The second-order valence-corrected chi connectivity index (χ2v) is 6.54. The molecule has 28 heavy (non-hydrogen) atoms. The van der Waals surface area contributed by atoms with Crippen LogP contribution in [0.25, 0.3) is 16.9 Å². The van der Waals surface area contributed by atoms with E-state index in [2.05, 4.69) is 30.5 Å². The normalized spacial score (nSPS) is 16.4. The third-order valence-corrected chi connectivity index (χ3v) is 4.73. The summed E-state index contributed by atoms with van der Waals surface area (Å²) in [4.78, 5) is 22.2. The molecular weight excluding hydrogens is 362 g/mol. The molecule has 0 spiro atoms. The van der Waals surface area contributed by atoms with Gasteiger partial charge in [-0.3, -0.25) is 4.79 Å². The smallest absolute Gasteiger partial charge is 0.217 e. The second-order valence-electron chi connectivity index (χ2n) is 6.54. The fourth-order valence-electron chi connectivity index (χ4n) is 3.46. The lowest BCUT2D eigenvalue weighted by atomic mass is 10.2. The number of fused-ring (bicyclic) bond motifs is 1. The summed E-state index contributed by atoms with van der Waals surface area (Å²) < 4.78 is 12.3. The molecule has 1 fully saturated rings. The van der Waals surface area contributed by atoms with Crippen molar-refractivity contribution in [3.63, 3.8) is 0 Å². The Morgan fingerprint density at radius 2 is 2.04 bits per heavy atom. The van der Waals surface area contributed by atoms with E-state index in [4.69, 9.17) is 9.47 Å². The molecule has 1 aromatic carbocycles. The first-order valence-electron chi connectivity index (χ1n) is 8.91. The maximum absolute atomic E-state index is 11.3. The number of aromatic nitrogens is 5. The Kier molecular flexibility index (Phi) is 4.68. The van der Waals surface area contributed by atoms with Gasteiger partial charge in [0.1, 0.15) is 6.33 Å². The molecule has 1 N–H and O–H groups in total. The van der Waals surface area contributed by atoms with Gasteiger partial charge in [-0.25, -0.2) is 9.97 Å². The molecule has 1 saturated heterocycles. The number of benzene rings is 1. The largest absolute Gasteiger partial charge is 0.493 e. The Morgan fingerprint density at radius 3 is 2.79 bits per heavy atom. The number of amides is 1. The van der Waals surface area contributed by atoms with Gasteiger partial charge in [0.2, 0.25) is 5.91 Å². The fourth-order valence-corrected chi connectivity index (χ4v) is 3.46. The van der Waals surface area contributed by atoms with Crippen molar-refractivity contribution >= 4 is 22.9 Å². The van der Waals surface area contributed by atoms with Crippen LogP contribution in [0, 0.1) is 0 Å². The molecular formula is C18H21N7O3. The van der Waals surface area contributed by atoms with Gasteiger partial charge in [-0.05, 0) is 18.6 Å². The summed E-state index contributed by atoms with van der Waals surface area (Å²) in [6.07, 6.45) is 2.36. The first kappa shape index (κ1) is 18.0. The van der Waals surface area contributed by atoms with E-state index in [0.29, 0.717) is 35.0 Å². The van der Waals surface area contributed by atoms with Crippen LogP contribution in [0.1, 0.15) is 13.3 Å². The molecule has 0 unspecified atom stereocenters. The molecule has 1 atom stereocenters. The Hall–Kier alpha value is -3.43. The number of hydrogen-bond acceptors (Lipinski definition) is 8. The number of methoxy groups -OCH3 is 2. The van der Waals surface area contributed by atoms with E-state index in [-0.39, 0.29) is 11.9 Å². The van der Waals surface area contributed by atoms with Crippen LogP contribution in [0.15, 0.2) is 24.5 Å². The zero-order valence-electron chi connectivity index (χ0n) is 15.9. The number of carbonyl (C=O) groups excluding carboxylic acids is 1. The van der Waals surface area contributed by atoms with Crippen LogP contribution in [0.5, 0.6) is 11.5 Å². The maximum Gasteiger partial charge on any atom is 0.217 e. The molecule has 2 aromatic heterocycles. The number of nitrogens with one attached hydrogen (secondary N) is 1. The Balaban J connectivity index is 1.69. The molecule has 4 rings (SSSR count). The SMILES string of the molecule is COc1ccc(-n2nnc3c(N4CC[C@@H](NC(C)=O)C4)ncnc32)cc1OC. The second kappa shape index (κ2) is 7.29. The molecule has 3 aromatic rings. The minimum absolute atomic E-state index is 0.0286. The van der Waals surface area contributed by atoms with Crippen molar-refractivity contribution in [2.24, 2.45) is 0 Å². The van der Waals surface area contributed by atoms with Crippen LogP contribution in [-0.4, -0.2) is 64.2 Å². The standard InChI is InChI=1S/C18H21N7O3/c1-11(26)21-12-6-7-24(9-12)17-16-18(20-10-19-17)25(23-22-16)13-4-5-14(27-2)15(8-13)28-3/h4-5,8,10,12H,6-7,9H2,1-3H3,(H,21,26)/t12-/m1/s1. The first-order chi connectivity index (χ1) is 13.6. The maximum atomic E-state index is 11.3. The van der Waals surface area contributed by atoms with Crippen molar-refractivity contribution in [3.8, 4) is 17.2 Å². The lowest BCUT2D eigenvalue weighted by Crippen LogP contribution is -2.35. The summed E-state index contributed by atoms with van der Waals surface area (Å²) >= 11 is 0. The number of rotatable bonds is 5. The third-order valence-electron chi connectivity index (χ3n) is 4.73. The third kappa shape index (κ3) is 3.17. The summed E-state index contributed by atoms with van der Waals surface area (Å²) in [5.41, 5.74) is 1.96. The zero-order chi connectivity index (χ0) is 19.7. The Bertz CT molecular complexity index is 1020. The zero-order valence-corrected chi connectivity index (χ0v) is 15.9. The highest BCUT2D eigenvalue weighted by atomic mass is 16.5. The summed E-state index contributed by atoms with van der Waals surface area (Å²) in [6, 6.07) is 5.59. The average molecular weight is 383 g/mol. The minimum Gasteiger partial charge on any atom is -0.493 e. The molecule has 146 valence electrons. The van der Waals surface area contributed by atoms with Gasteiger partial charge in [-0.15, -0.1) is 5.10 Å². The van der Waals surface area contributed by atoms with E-state index in [1.165, 1.54) is 13.3 Å². The van der Waals surface area contributed by atoms with Crippen LogP contribution in [0.3, 0.4) is 0 Å². The van der Waals surface area contributed by atoms with E-state index in [0.717, 1.165) is 18.7 Å². The summed E-state index contributed by atoms with van der Waals surface area (Å²) in [6.45, 7) is 2.98. The highest BCUT2D eigenvalue weighted by molar-refractivity contribution is 5.84. The fraction of sp³-hybridized carbons (Fsp3) is 0.389. The van der Waals surface area contributed by atoms with Crippen LogP contribution in [-0.2, 0) is 4.79 Å². The van der Waals surface area contributed by atoms with Crippen LogP contribution >= 0.6 is 0 Å². The predicted molar refractivity (Wildman–Crippen MR) is 102 cm³/mol. The first-order valence-corrected chi connectivity index (χ1v) is 8.91. The quantitative estimate of drug-likeness (QED) is 0.694. The van der Waals surface area contributed by atoms with Gasteiger partial charge in [-0.1, -0.05) is 5.21 Å². The van der Waals surface area contributed by atoms with E-state index in [1.807, 2.05) is 18.2 Å². The molecule has 0 bridgehead atoms. The molecule has 1 aliphatic rings. The number of hydrogen-bond donors (Lipinski definition) is 1. The van der Waals surface area contributed by atoms with Crippen molar-refractivity contribution < 1.29 is 14.3 Å². The van der Waals surface area contributed by atoms with Gasteiger partial charge >= 0.3 is 0 Å². The van der Waals surface area contributed by atoms with Gasteiger partial charge < -0.3 is 19.7 Å². The van der Waals surface area contributed by atoms with Gasteiger partial charge in [0.25, 0.3) is 0 Å². The predicted octanol–water partition coefficient (Wildman–Crippen LogP) is 0.942. The van der Waals surface area contributed by atoms with Crippen molar-refractivity contribution in [3.05, 3.63) is 24.5 Å². The van der Waals surface area contributed by atoms with E-state index < -0.39 is 0 Å². The van der Waals surface area contributed by atoms with Gasteiger partial charge in [0.05, 0.1) is 19.9 Å². The van der Waals surface area contributed by atoms with Crippen molar-refractivity contribution in [2.75, 3.05) is 32.2 Å². The summed E-state index contributed by atoms with van der Waals surface area (Å²) in [5, 5.41) is 11.5. The molecule has 1 aliphatic heterocycles. The monoisotopic (exact) mass is 383 g/mol. The van der Waals surface area contributed by atoms with Crippen LogP contribution < -0.4 is 19.7 Å². The Morgan fingerprint density at radius 1 is 1.21 bits per heavy atom. The highest BCUT2D eigenvalue weighted by Crippen LogP contribution is 2.31. The number of ether oxygens (including phenoxy) is 2. The highest BCUT2D eigenvalue weighted by Gasteiger charge is 2.27. The number of carbonyl (C=O) groups is 1. The van der Waals surface area contributed by atoms with Gasteiger partial charge in [0.15, 0.2) is 28.5 Å². The van der Waals surface area contributed by atoms with E-state index in [9.17, 15) is 4.79 Å². The van der Waals surface area contributed by atoms with Crippen molar-refractivity contribution in [2.45, 2.75) is 19.4 Å². The van der Waals surface area contributed by atoms with Crippen LogP contribution in [0.4, 0.5) is 5.82 Å². The van der Waals surface area contributed by atoms with Gasteiger partial charge in [0, 0.05) is 32.1 Å². The summed E-state index contributed by atoms with van der Waals surface area (Å²) in [7, 11) is 3.17. The molecule has 1 amide bonds. The lowest BCUT2D eigenvalue weighted by molar-refractivity contribution is -0.119. The van der Waals surface area contributed by atoms with E-state index >= 15 is 0 Å².